The molecule has 4 nitrogen and oxygen atoms in total. The van der Waals surface area contributed by atoms with Gasteiger partial charge in [0.25, 0.3) is 0 Å². The minimum Gasteiger partial charge on any atom is -0.382 e. The van der Waals surface area contributed by atoms with Crippen LogP contribution >= 0.6 is 0 Å². The Labute approximate surface area is 65.7 Å². The average Bonchev–Trinajstić information content (AvgIpc) is 1.97. The second-order valence-corrected chi connectivity index (χ2v) is 1.97. The van der Waals surface area contributed by atoms with E-state index in [1.807, 2.05) is 0 Å². The Bertz CT molecular complexity index is 141. The van der Waals surface area contributed by atoms with E-state index in [1.54, 1.807) is 6.92 Å². The van der Waals surface area contributed by atoms with Gasteiger partial charge in [-0.2, -0.15) is 4.89 Å². The third-order valence-electron chi connectivity index (χ3n) is 0.854. The second-order valence-electron chi connectivity index (χ2n) is 1.97. The number of hydrogen-bond donors (Lipinski definition) is 0. The highest BCUT2D eigenvalue weighted by molar-refractivity contribution is 5.86. The number of methoxy groups -OCH3 is 1. The molecular formula is C7H12O4. The van der Waals surface area contributed by atoms with E-state index in [-0.39, 0.29) is 6.61 Å². The lowest BCUT2D eigenvalue weighted by atomic mass is 10.4. The lowest BCUT2D eigenvalue weighted by Gasteiger charge is -2.01. The number of carbonyl (C=O) groups is 1. The van der Waals surface area contributed by atoms with Crippen LogP contribution in [0.2, 0.25) is 0 Å². The van der Waals surface area contributed by atoms with E-state index in [2.05, 4.69) is 21.1 Å². The van der Waals surface area contributed by atoms with Crippen molar-refractivity contribution in [1.82, 2.24) is 0 Å². The van der Waals surface area contributed by atoms with Gasteiger partial charge in [0.05, 0.1) is 6.61 Å². The topological polar surface area (TPSA) is 44.8 Å². The molecular weight excluding hydrogens is 148 g/mol. The summed E-state index contributed by atoms with van der Waals surface area (Å²) >= 11 is 0. The van der Waals surface area contributed by atoms with Crippen molar-refractivity contribution >= 4 is 5.97 Å². The monoisotopic (exact) mass is 160 g/mol. The molecule has 0 amide bonds. The first-order valence-electron chi connectivity index (χ1n) is 3.16. The van der Waals surface area contributed by atoms with E-state index in [0.29, 0.717) is 12.2 Å². The highest BCUT2D eigenvalue weighted by Crippen LogP contribution is 1.91. The molecule has 64 valence electrons. The van der Waals surface area contributed by atoms with Gasteiger partial charge in [-0.3, -0.25) is 4.89 Å². The Hall–Kier alpha value is -0.870. The Kier molecular flexibility index (Phi) is 5.42. The zero-order valence-corrected chi connectivity index (χ0v) is 6.75. The molecule has 0 N–H and O–H groups in total. The van der Waals surface area contributed by atoms with Crippen LogP contribution < -0.4 is 0 Å². The van der Waals surface area contributed by atoms with Gasteiger partial charge in [0, 0.05) is 12.7 Å². The highest BCUT2D eigenvalue weighted by Gasteiger charge is 2.02. The number of hydrogen-bond acceptors (Lipinski definition) is 4. The van der Waals surface area contributed by atoms with Crippen molar-refractivity contribution in [3.63, 3.8) is 0 Å². The summed E-state index contributed by atoms with van der Waals surface area (Å²) in [6.07, 6.45) is 0. The van der Waals surface area contributed by atoms with Crippen molar-refractivity contribution in [2.24, 2.45) is 0 Å². The van der Waals surface area contributed by atoms with Crippen molar-refractivity contribution in [1.29, 1.82) is 0 Å². The van der Waals surface area contributed by atoms with Crippen molar-refractivity contribution in [3.8, 4) is 0 Å². The van der Waals surface area contributed by atoms with Crippen LogP contribution in [-0.4, -0.2) is 26.3 Å². The zero-order valence-electron chi connectivity index (χ0n) is 6.75. The van der Waals surface area contributed by atoms with E-state index in [0.717, 1.165) is 0 Å². The van der Waals surface area contributed by atoms with E-state index in [4.69, 9.17) is 0 Å². The Morgan fingerprint density at radius 3 is 2.55 bits per heavy atom. The van der Waals surface area contributed by atoms with Crippen LogP contribution in [0.1, 0.15) is 6.92 Å². The minimum absolute atomic E-state index is 0.232. The summed E-state index contributed by atoms with van der Waals surface area (Å²) < 4.78 is 4.65. The number of rotatable bonds is 5. The molecule has 4 heteroatoms. The fourth-order valence-electron chi connectivity index (χ4n) is 0.284. The quantitative estimate of drug-likeness (QED) is 0.257. The van der Waals surface area contributed by atoms with Gasteiger partial charge in [-0.15, -0.1) is 0 Å². The fourth-order valence-corrected chi connectivity index (χ4v) is 0.284. The highest BCUT2D eigenvalue weighted by atomic mass is 17.2. The van der Waals surface area contributed by atoms with E-state index < -0.39 is 5.97 Å². The van der Waals surface area contributed by atoms with Crippen molar-refractivity contribution in [3.05, 3.63) is 12.2 Å². The lowest BCUT2D eigenvalue weighted by molar-refractivity contribution is -0.271. The van der Waals surface area contributed by atoms with Gasteiger partial charge in [0.1, 0.15) is 6.61 Å². The zero-order chi connectivity index (χ0) is 8.69. The molecule has 0 aromatic heterocycles. The molecule has 0 spiro atoms. The molecule has 0 aromatic carbocycles. The summed E-state index contributed by atoms with van der Waals surface area (Å²) in [5, 5.41) is 0. The molecule has 0 saturated heterocycles. The maximum Gasteiger partial charge on any atom is 0.368 e. The first-order chi connectivity index (χ1) is 5.18. The first kappa shape index (κ1) is 10.1. The molecule has 0 aliphatic heterocycles. The second kappa shape index (κ2) is 5.88. The summed E-state index contributed by atoms with van der Waals surface area (Å²) in [6, 6.07) is 0. The SMILES string of the molecule is C=C(C)C(=O)OOCCOC. The predicted octanol–water partition coefficient (Wildman–Crippen LogP) is 0.684. The van der Waals surface area contributed by atoms with Gasteiger partial charge < -0.3 is 4.74 Å². The largest absolute Gasteiger partial charge is 0.382 e. The summed E-state index contributed by atoms with van der Waals surface area (Å²) in [4.78, 5) is 19.4. The lowest BCUT2D eigenvalue weighted by Crippen LogP contribution is -2.09. The minimum atomic E-state index is -0.555. The summed E-state index contributed by atoms with van der Waals surface area (Å²) in [5.41, 5.74) is 0.308. The number of carbonyl (C=O) groups excluding carboxylic acids is 1. The molecule has 11 heavy (non-hydrogen) atoms. The van der Waals surface area contributed by atoms with Crippen LogP contribution in [0.4, 0.5) is 0 Å². The smallest absolute Gasteiger partial charge is 0.368 e. The molecule has 0 heterocycles. The van der Waals surface area contributed by atoms with Crippen molar-refractivity contribution < 1.29 is 19.3 Å². The van der Waals surface area contributed by atoms with Crippen LogP contribution in [0.3, 0.4) is 0 Å². The molecule has 0 bridgehead atoms. The van der Waals surface area contributed by atoms with Crippen LogP contribution in [0.25, 0.3) is 0 Å². The van der Waals surface area contributed by atoms with Crippen LogP contribution in [0, 0.1) is 0 Å². The maximum atomic E-state index is 10.6. The maximum absolute atomic E-state index is 10.6. The fraction of sp³-hybridized carbons (Fsp3) is 0.571. The Morgan fingerprint density at radius 1 is 1.45 bits per heavy atom. The van der Waals surface area contributed by atoms with Gasteiger partial charge in [-0.25, -0.2) is 4.79 Å². The molecule has 0 saturated carbocycles. The molecule has 0 aliphatic carbocycles. The molecule has 0 radical (unpaired) electrons. The third-order valence-corrected chi connectivity index (χ3v) is 0.854. The van der Waals surface area contributed by atoms with Crippen molar-refractivity contribution in [2.45, 2.75) is 6.92 Å². The van der Waals surface area contributed by atoms with Gasteiger partial charge in [0.2, 0.25) is 0 Å². The number of ether oxygens (including phenoxy) is 1. The van der Waals surface area contributed by atoms with E-state index in [9.17, 15) is 4.79 Å². The van der Waals surface area contributed by atoms with Gasteiger partial charge in [-0.1, -0.05) is 6.58 Å². The van der Waals surface area contributed by atoms with Gasteiger partial charge in [-0.05, 0) is 6.92 Å². The normalized spacial score (nSPS) is 9.27. The van der Waals surface area contributed by atoms with Crippen LogP contribution in [-0.2, 0) is 19.3 Å². The van der Waals surface area contributed by atoms with E-state index in [1.165, 1.54) is 7.11 Å². The molecule has 0 unspecified atom stereocenters. The molecule has 0 fully saturated rings. The molecule has 0 aromatic rings. The standard InChI is InChI=1S/C7H12O4/c1-6(2)7(8)11-10-5-4-9-3/h1,4-5H2,2-3H3. The Balaban J connectivity index is 3.25. The molecule has 0 aliphatic rings. The van der Waals surface area contributed by atoms with Crippen molar-refractivity contribution in [2.75, 3.05) is 20.3 Å². The summed E-state index contributed by atoms with van der Waals surface area (Å²) in [5.74, 6) is -0.555. The summed E-state index contributed by atoms with van der Waals surface area (Å²) in [7, 11) is 1.53. The van der Waals surface area contributed by atoms with Crippen LogP contribution in [0.15, 0.2) is 12.2 Å². The Morgan fingerprint density at radius 2 is 2.09 bits per heavy atom. The van der Waals surface area contributed by atoms with E-state index >= 15 is 0 Å². The predicted molar refractivity (Wildman–Crippen MR) is 38.7 cm³/mol. The molecule has 0 rings (SSSR count). The third kappa shape index (κ3) is 5.57. The van der Waals surface area contributed by atoms with Crippen LogP contribution in [0.5, 0.6) is 0 Å². The van der Waals surface area contributed by atoms with Gasteiger partial charge in [0.15, 0.2) is 0 Å². The molecule has 0 atom stereocenters. The van der Waals surface area contributed by atoms with Gasteiger partial charge >= 0.3 is 5.97 Å². The average molecular weight is 160 g/mol. The first-order valence-corrected chi connectivity index (χ1v) is 3.16. The summed E-state index contributed by atoms with van der Waals surface area (Å²) in [6.45, 7) is 5.54.